The van der Waals surface area contributed by atoms with E-state index in [4.69, 9.17) is 0 Å². The number of nitrogens with zero attached hydrogens (tertiary/aromatic N) is 1. The van der Waals surface area contributed by atoms with Gasteiger partial charge in [-0.1, -0.05) is 45.4 Å². The highest BCUT2D eigenvalue weighted by molar-refractivity contribution is 6.84. The molecule has 0 bridgehead atoms. The first kappa shape index (κ1) is 17.1. The molecule has 0 spiro atoms. The van der Waals surface area contributed by atoms with Gasteiger partial charge in [-0.2, -0.15) is 0 Å². The molecule has 0 saturated carbocycles. The van der Waals surface area contributed by atoms with E-state index in [1.54, 1.807) is 4.57 Å². The van der Waals surface area contributed by atoms with Crippen LogP contribution in [0.3, 0.4) is 0 Å². The molecule has 104 valence electrons. The molecule has 0 rings (SSSR count). The molecule has 0 aliphatic carbocycles. The Bertz CT molecular complexity index is 342. The Morgan fingerprint density at radius 2 is 1.67 bits per heavy atom. The fourth-order valence-electron chi connectivity index (χ4n) is 1.97. The second kappa shape index (κ2) is 5.84. The molecule has 0 heterocycles. The summed E-state index contributed by atoms with van der Waals surface area (Å²) in [6.07, 6.45) is 1.70. The minimum Gasteiger partial charge on any atom is -0.548 e. The lowest BCUT2D eigenvalue weighted by atomic mass is 10.4. The van der Waals surface area contributed by atoms with Crippen LogP contribution in [0.2, 0.25) is 39.3 Å². The van der Waals surface area contributed by atoms with Crippen LogP contribution >= 0.6 is 0 Å². The molecule has 1 amide bonds. The van der Waals surface area contributed by atoms with Gasteiger partial charge in [0.1, 0.15) is 0 Å². The van der Waals surface area contributed by atoms with Crippen molar-refractivity contribution in [1.82, 2.24) is 4.57 Å². The van der Waals surface area contributed by atoms with Gasteiger partial charge in [-0.05, 0) is 0 Å². The molecule has 1 unspecified atom stereocenters. The van der Waals surface area contributed by atoms with Gasteiger partial charge in [0.15, 0.2) is 8.24 Å². The molecule has 0 aliphatic rings. The van der Waals surface area contributed by atoms with Gasteiger partial charge in [0.25, 0.3) is 0 Å². The highest BCUT2D eigenvalue weighted by Gasteiger charge is 2.41. The van der Waals surface area contributed by atoms with Crippen molar-refractivity contribution in [2.75, 3.05) is 0 Å². The second-order valence-electron chi connectivity index (χ2n) is 6.51. The van der Waals surface area contributed by atoms with E-state index >= 15 is 0 Å². The summed E-state index contributed by atoms with van der Waals surface area (Å²) < 4.78 is 1.59. The largest absolute Gasteiger partial charge is 0.548 e. The third kappa shape index (κ3) is 4.41. The summed E-state index contributed by atoms with van der Waals surface area (Å²) in [7, 11) is -4.14. The van der Waals surface area contributed by atoms with Gasteiger partial charge in [0.05, 0.1) is 19.7 Å². The highest BCUT2D eigenvalue weighted by Crippen LogP contribution is 2.22. The van der Waals surface area contributed by atoms with E-state index in [2.05, 4.69) is 6.58 Å². The molecule has 0 aromatic rings. The first-order valence-electron chi connectivity index (χ1n) is 6.07. The van der Waals surface area contributed by atoms with Crippen LogP contribution in [0, 0.1) is 0 Å². The zero-order valence-electron chi connectivity index (χ0n) is 12.2. The van der Waals surface area contributed by atoms with Crippen molar-refractivity contribution in [2.45, 2.75) is 51.4 Å². The lowest BCUT2D eigenvalue weighted by molar-refractivity contribution is -0.307. The molecule has 0 aromatic heterocycles. The van der Waals surface area contributed by atoms with Crippen LogP contribution in [0.4, 0.5) is 0 Å². The first-order valence-corrected chi connectivity index (χ1v) is 13.1. The van der Waals surface area contributed by atoms with Gasteiger partial charge in [0.2, 0.25) is 5.91 Å². The molecular weight excluding hydrogens is 262 g/mol. The monoisotopic (exact) mass is 286 g/mol. The fourth-order valence-corrected chi connectivity index (χ4v) is 7.64. The summed E-state index contributed by atoms with van der Waals surface area (Å²) in [6.45, 7) is 15.3. The number of carbonyl (C=O) groups excluding carboxylic acids is 2. The summed E-state index contributed by atoms with van der Waals surface area (Å²) in [6, 6.07) is 0. The van der Waals surface area contributed by atoms with E-state index in [-0.39, 0.29) is 12.3 Å². The SMILES string of the molecule is C=CCC(=O)N(C(C(=O)[O-])[Si](C)(C)C)[Si](C)(C)C. The number of rotatable bonds is 6. The number of hydrogen-bond acceptors (Lipinski definition) is 3. The van der Waals surface area contributed by atoms with E-state index in [0.717, 1.165) is 0 Å². The van der Waals surface area contributed by atoms with Crippen LogP contribution in [0.15, 0.2) is 12.7 Å². The quantitative estimate of drug-likeness (QED) is 0.545. The molecule has 0 saturated heterocycles. The van der Waals surface area contributed by atoms with E-state index in [0.29, 0.717) is 0 Å². The van der Waals surface area contributed by atoms with E-state index in [9.17, 15) is 14.7 Å². The van der Waals surface area contributed by atoms with Crippen molar-refractivity contribution in [3.8, 4) is 0 Å². The summed E-state index contributed by atoms with van der Waals surface area (Å²) in [5, 5.41) is 11.5. The van der Waals surface area contributed by atoms with Crippen LogP contribution < -0.4 is 5.11 Å². The first-order chi connectivity index (χ1) is 7.92. The van der Waals surface area contributed by atoms with Gasteiger partial charge >= 0.3 is 0 Å². The Hall–Kier alpha value is -0.886. The maximum absolute atomic E-state index is 12.2. The Balaban J connectivity index is 5.60. The van der Waals surface area contributed by atoms with Gasteiger partial charge in [-0.15, -0.1) is 6.58 Å². The molecule has 1 atom stereocenters. The lowest BCUT2D eigenvalue weighted by Crippen LogP contribution is -2.68. The molecule has 4 nitrogen and oxygen atoms in total. The number of hydrogen-bond donors (Lipinski definition) is 0. The standard InChI is InChI=1S/C12H25NO3Si2/c1-8-9-10(14)13(18(5,6)7)11(12(15)16)17(2,3)4/h8,11H,1,9H2,2-7H3,(H,15,16)/p-1. The number of carbonyl (C=O) groups is 2. The van der Waals surface area contributed by atoms with Crippen molar-refractivity contribution in [3.05, 3.63) is 12.7 Å². The normalized spacial score (nSPS) is 13.9. The smallest absolute Gasteiger partial charge is 0.218 e. The third-order valence-corrected chi connectivity index (χ3v) is 6.96. The molecule has 0 N–H and O–H groups in total. The zero-order valence-corrected chi connectivity index (χ0v) is 14.2. The van der Waals surface area contributed by atoms with Crippen molar-refractivity contribution in [1.29, 1.82) is 0 Å². The van der Waals surface area contributed by atoms with E-state index < -0.39 is 27.9 Å². The topological polar surface area (TPSA) is 60.4 Å². The average Bonchev–Trinajstić information content (AvgIpc) is 2.09. The maximum atomic E-state index is 12.2. The minimum atomic E-state index is -2.07. The Morgan fingerprint density at radius 1 is 1.22 bits per heavy atom. The molecule has 0 fully saturated rings. The van der Waals surface area contributed by atoms with Crippen molar-refractivity contribution < 1.29 is 14.7 Å². The van der Waals surface area contributed by atoms with Crippen molar-refractivity contribution in [2.24, 2.45) is 0 Å². The van der Waals surface area contributed by atoms with Gasteiger partial charge in [0, 0.05) is 6.42 Å². The minimum absolute atomic E-state index is 0.152. The number of carboxylic acids is 1. The third-order valence-electron chi connectivity index (χ3n) is 2.61. The Kier molecular flexibility index (Phi) is 5.55. The van der Waals surface area contributed by atoms with Gasteiger partial charge < -0.3 is 14.5 Å². The molecule has 0 aliphatic heterocycles. The van der Waals surface area contributed by atoms with E-state index in [1.165, 1.54) is 6.08 Å². The van der Waals surface area contributed by atoms with Crippen LogP contribution in [0.25, 0.3) is 0 Å². The molecule has 0 aromatic carbocycles. The van der Waals surface area contributed by atoms with Crippen LogP contribution in [-0.4, -0.2) is 38.4 Å². The molecular formula is C12H24NO3Si2-. The van der Waals surface area contributed by atoms with E-state index in [1.807, 2.05) is 39.3 Å². The molecule has 18 heavy (non-hydrogen) atoms. The molecule has 0 radical (unpaired) electrons. The Labute approximate surface area is 112 Å². The van der Waals surface area contributed by atoms with Crippen LogP contribution in [0.1, 0.15) is 6.42 Å². The summed E-state index contributed by atoms with van der Waals surface area (Å²) in [5.74, 6) is -1.28. The van der Waals surface area contributed by atoms with Crippen molar-refractivity contribution >= 4 is 28.2 Å². The molecule has 6 heteroatoms. The number of carboxylic acid groups (broad SMARTS) is 1. The van der Waals surface area contributed by atoms with Gasteiger partial charge in [-0.3, -0.25) is 4.79 Å². The average molecular weight is 286 g/mol. The summed E-state index contributed by atoms with van der Waals surface area (Å²) >= 11 is 0. The number of aliphatic carboxylic acids is 1. The predicted octanol–water partition coefficient (Wildman–Crippen LogP) is 1.22. The number of amides is 1. The van der Waals surface area contributed by atoms with Crippen LogP contribution in [0.5, 0.6) is 0 Å². The summed E-state index contributed by atoms with van der Waals surface area (Å²) in [4.78, 5) is 23.7. The lowest BCUT2D eigenvalue weighted by Gasteiger charge is -2.46. The van der Waals surface area contributed by atoms with Crippen molar-refractivity contribution in [3.63, 3.8) is 0 Å². The fraction of sp³-hybridized carbons (Fsp3) is 0.667. The zero-order chi connectivity index (χ0) is 14.7. The highest BCUT2D eigenvalue weighted by atomic mass is 28.3. The summed E-state index contributed by atoms with van der Waals surface area (Å²) in [5.41, 5.74) is -0.767. The maximum Gasteiger partial charge on any atom is 0.218 e. The Morgan fingerprint density at radius 3 is 1.89 bits per heavy atom. The van der Waals surface area contributed by atoms with Crippen LogP contribution in [-0.2, 0) is 9.59 Å². The van der Waals surface area contributed by atoms with Gasteiger partial charge in [-0.25, -0.2) is 0 Å². The second-order valence-corrected chi connectivity index (χ2v) is 16.6. The predicted molar refractivity (Wildman–Crippen MR) is 77.1 cm³/mol.